The fourth-order valence-electron chi connectivity index (χ4n) is 2.85. The van der Waals surface area contributed by atoms with Crippen LogP contribution in [-0.2, 0) is 9.59 Å². The highest BCUT2D eigenvalue weighted by atomic mass is 16.2. The molecular formula is C18H21N3O2. The number of nitriles is 1. The summed E-state index contributed by atoms with van der Waals surface area (Å²) in [6, 6.07) is 8.92. The van der Waals surface area contributed by atoms with E-state index in [9.17, 15) is 9.59 Å². The molecule has 2 N–H and O–H groups in total. The number of nitrogens with one attached hydrogen (secondary N) is 2. The molecule has 0 saturated heterocycles. The average Bonchev–Trinajstić information content (AvgIpc) is 2.60. The first kappa shape index (κ1) is 16.8. The van der Waals surface area contributed by atoms with Gasteiger partial charge in [0.15, 0.2) is 0 Å². The van der Waals surface area contributed by atoms with Crippen LogP contribution in [0.4, 0.5) is 5.69 Å². The van der Waals surface area contributed by atoms with E-state index in [1.807, 2.05) is 0 Å². The lowest BCUT2D eigenvalue weighted by Crippen LogP contribution is -2.35. The molecule has 23 heavy (non-hydrogen) atoms. The lowest BCUT2D eigenvalue weighted by atomic mass is 9.81. The summed E-state index contributed by atoms with van der Waals surface area (Å²) in [4.78, 5) is 24.2. The zero-order valence-corrected chi connectivity index (χ0v) is 13.0. The molecule has 0 heterocycles. The van der Waals surface area contributed by atoms with Gasteiger partial charge in [0.2, 0.25) is 11.8 Å². The van der Waals surface area contributed by atoms with Gasteiger partial charge in [-0.2, -0.15) is 5.26 Å². The van der Waals surface area contributed by atoms with Crippen molar-refractivity contribution in [1.29, 1.82) is 5.26 Å². The van der Waals surface area contributed by atoms with Crippen LogP contribution in [0.25, 0.3) is 0 Å². The highest BCUT2D eigenvalue weighted by molar-refractivity contribution is 5.93. The Bertz CT molecular complexity index is 625. The summed E-state index contributed by atoms with van der Waals surface area (Å²) in [5.74, 6) is -0.0827. The van der Waals surface area contributed by atoms with Crippen LogP contribution in [0.2, 0.25) is 0 Å². The Labute approximate surface area is 136 Å². The van der Waals surface area contributed by atoms with Crippen molar-refractivity contribution in [2.75, 3.05) is 11.9 Å². The van der Waals surface area contributed by atoms with Gasteiger partial charge in [-0.1, -0.05) is 12.1 Å². The van der Waals surface area contributed by atoms with Crippen molar-refractivity contribution in [3.8, 4) is 6.07 Å². The van der Waals surface area contributed by atoms with E-state index in [4.69, 9.17) is 5.26 Å². The van der Waals surface area contributed by atoms with Gasteiger partial charge in [0.1, 0.15) is 0 Å². The molecule has 0 bridgehead atoms. The van der Waals surface area contributed by atoms with E-state index in [-0.39, 0.29) is 23.7 Å². The van der Waals surface area contributed by atoms with Crippen LogP contribution in [0.15, 0.2) is 36.9 Å². The smallest absolute Gasteiger partial charge is 0.227 e. The molecule has 2 amide bonds. The van der Waals surface area contributed by atoms with Crippen molar-refractivity contribution in [2.24, 2.45) is 11.8 Å². The predicted molar refractivity (Wildman–Crippen MR) is 88.4 cm³/mol. The number of hydrogen-bond donors (Lipinski definition) is 2. The molecule has 1 fully saturated rings. The highest BCUT2D eigenvalue weighted by Crippen LogP contribution is 2.29. The number of nitrogens with zero attached hydrogens (tertiary/aromatic N) is 1. The maximum absolute atomic E-state index is 12.3. The Morgan fingerprint density at radius 2 is 1.87 bits per heavy atom. The molecule has 0 aromatic heterocycles. The van der Waals surface area contributed by atoms with Crippen LogP contribution in [0.3, 0.4) is 0 Å². The maximum atomic E-state index is 12.3. The minimum Gasteiger partial charge on any atom is -0.352 e. The number of carbonyl (C=O) groups is 2. The first-order valence-corrected chi connectivity index (χ1v) is 7.83. The second kappa shape index (κ2) is 8.14. The second-order valence-electron chi connectivity index (χ2n) is 5.76. The molecule has 0 atom stereocenters. The number of carbonyl (C=O) groups excluding carboxylic acids is 2. The summed E-state index contributed by atoms with van der Waals surface area (Å²) in [5.41, 5.74) is 1.16. The van der Waals surface area contributed by atoms with Gasteiger partial charge in [0, 0.05) is 24.1 Å². The standard InChI is InChI=1S/C18H21N3O2/c1-2-10-20-17(22)14-6-8-15(9-7-14)18(23)21-16-5-3-4-13(11-16)12-19/h2-5,11,14-15H,1,6-10H2,(H,20,22)(H,21,23). The van der Waals surface area contributed by atoms with Gasteiger partial charge < -0.3 is 10.6 Å². The molecule has 1 saturated carbocycles. The summed E-state index contributed by atoms with van der Waals surface area (Å²) in [6.07, 6.45) is 4.51. The molecule has 1 aromatic carbocycles. The highest BCUT2D eigenvalue weighted by Gasteiger charge is 2.29. The molecule has 0 aliphatic heterocycles. The van der Waals surface area contributed by atoms with Crippen molar-refractivity contribution >= 4 is 17.5 Å². The molecular weight excluding hydrogens is 290 g/mol. The molecule has 120 valence electrons. The average molecular weight is 311 g/mol. The van der Waals surface area contributed by atoms with Crippen molar-refractivity contribution in [3.63, 3.8) is 0 Å². The van der Waals surface area contributed by atoms with Gasteiger partial charge in [0.05, 0.1) is 11.6 Å². The molecule has 5 nitrogen and oxygen atoms in total. The van der Waals surface area contributed by atoms with Crippen LogP contribution < -0.4 is 10.6 Å². The van der Waals surface area contributed by atoms with E-state index in [0.717, 1.165) is 12.8 Å². The Hall–Kier alpha value is -2.61. The summed E-state index contributed by atoms with van der Waals surface area (Å²) >= 11 is 0. The quantitative estimate of drug-likeness (QED) is 0.820. The van der Waals surface area contributed by atoms with Crippen molar-refractivity contribution in [3.05, 3.63) is 42.5 Å². The van der Waals surface area contributed by atoms with Crippen LogP contribution in [0.1, 0.15) is 31.2 Å². The fourth-order valence-corrected chi connectivity index (χ4v) is 2.85. The Balaban J connectivity index is 1.85. The molecule has 0 unspecified atom stereocenters. The number of anilines is 1. The lowest BCUT2D eigenvalue weighted by molar-refractivity contribution is -0.128. The van der Waals surface area contributed by atoms with E-state index in [1.54, 1.807) is 30.3 Å². The SMILES string of the molecule is C=CCNC(=O)C1CCC(C(=O)Nc2cccc(C#N)c2)CC1. The van der Waals surface area contributed by atoms with Crippen LogP contribution in [0, 0.1) is 23.2 Å². The Kier molecular flexibility index (Phi) is 5.93. The van der Waals surface area contributed by atoms with Gasteiger partial charge >= 0.3 is 0 Å². The van der Waals surface area contributed by atoms with Gasteiger partial charge in [0.25, 0.3) is 0 Å². The molecule has 1 aliphatic rings. The molecule has 2 rings (SSSR count). The third kappa shape index (κ3) is 4.68. The van der Waals surface area contributed by atoms with E-state index < -0.39 is 0 Å². The van der Waals surface area contributed by atoms with Crippen molar-refractivity contribution in [1.82, 2.24) is 5.32 Å². The van der Waals surface area contributed by atoms with Crippen LogP contribution in [-0.4, -0.2) is 18.4 Å². The Morgan fingerprint density at radius 1 is 1.22 bits per heavy atom. The minimum absolute atomic E-state index is 0.0130. The molecule has 5 heteroatoms. The number of hydrogen-bond acceptors (Lipinski definition) is 3. The third-order valence-corrected chi connectivity index (χ3v) is 4.15. The van der Waals surface area contributed by atoms with Gasteiger partial charge in [-0.15, -0.1) is 6.58 Å². The van der Waals surface area contributed by atoms with Gasteiger partial charge in [-0.05, 0) is 43.9 Å². The number of rotatable bonds is 5. The van der Waals surface area contributed by atoms with Crippen molar-refractivity contribution < 1.29 is 9.59 Å². The zero-order chi connectivity index (χ0) is 16.7. The summed E-state index contributed by atoms with van der Waals surface area (Å²) in [6.45, 7) is 4.06. The topological polar surface area (TPSA) is 82.0 Å². The molecule has 0 spiro atoms. The van der Waals surface area contributed by atoms with Gasteiger partial charge in [-0.25, -0.2) is 0 Å². The first-order chi connectivity index (χ1) is 11.1. The molecule has 0 radical (unpaired) electrons. The van der Waals surface area contributed by atoms with Crippen LogP contribution in [0.5, 0.6) is 0 Å². The maximum Gasteiger partial charge on any atom is 0.227 e. The van der Waals surface area contributed by atoms with E-state index in [2.05, 4.69) is 23.3 Å². The zero-order valence-electron chi connectivity index (χ0n) is 13.0. The van der Waals surface area contributed by atoms with Gasteiger partial charge in [-0.3, -0.25) is 9.59 Å². The van der Waals surface area contributed by atoms with E-state index >= 15 is 0 Å². The van der Waals surface area contributed by atoms with E-state index in [0.29, 0.717) is 30.6 Å². The summed E-state index contributed by atoms with van der Waals surface area (Å²) in [5, 5.41) is 14.6. The van der Waals surface area contributed by atoms with Crippen LogP contribution >= 0.6 is 0 Å². The second-order valence-corrected chi connectivity index (χ2v) is 5.76. The molecule has 1 aromatic rings. The minimum atomic E-state index is -0.0794. The Morgan fingerprint density at radius 3 is 2.48 bits per heavy atom. The third-order valence-electron chi connectivity index (χ3n) is 4.15. The van der Waals surface area contributed by atoms with E-state index in [1.165, 1.54) is 0 Å². The lowest BCUT2D eigenvalue weighted by Gasteiger charge is -2.27. The monoisotopic (exact) mass is 311 g/mol. The largest absolute Gasteiger partial charge is 0.352 e. The normalized spacial score (nSPS) is 20.1. The predicted octanol–water partition coefficient (Wildman–Crippen LogP) is 2.61. The number of benzene rings is 1. The molecule has 1 aliphatic carbocycles. The number of amides is 2. The van der Waals surface area contributed by atoms with Crippen molar-refractivity contribution in [2.45, 2.75) is 25.7 Å². The fraction of sp³-hybridized carbons (Fsp3) is 0.389. The first-order valence-electron chi connectivity index (χ1n) is 7.83. The summed E-state index contributed by atoms with van der Waals surface area (Å²) < 4.78 is 0. The summed E-state index contributed by atoms with van der Waals surface area (Å²) in [7, 11) is 0.